The molecule has 1 unspecified atom stereocenters. The fourth-order valence-electron chi connectivity index (χ4n) is 1.86. The first-order chi connectivity index (χ1) is 9.38. The van der Waals surface area contributed by atoms with Crippen LogP contribution in [-0.2, 0) is 9.84 Å². The van der Waals surface area contributed by atoms with E-state index in [1.54, 1.807) is 18.3 Å². The van der Waals surface area contributed by atoms with E-state index >= 15 is 0 Å². The van der Waals surface area contributed by atoms with Crippen LogP contribution < -0.4 is 5.32 Å². The first-order valence-electron chi connectivity index (χ1n) is 6.05. The second-order valence-corrected chi connectivity index (χ2v) is 7.44. The first kappa shape index (κ1) is 15.0. The van der Waals surface area contributed by atoms with Crippen molar-refractivity contribution < 1.29 is 8.42 Å². The average molecular weight is 355 g/mol. The number of hydrogen-bond acceptors (Lipinski definition) is 4. The van der Waals surface area contributed by atoms with Gasteiger partial charge in [0.15, 0.2) is 9.84 Å². The minimum absolute atomic E-state index is 0.0529. The third-order valence-electron chi connectivity index (χ3n) is 2.87. The molecule has 0 aliphatic rings. The quantitative estimate of drug-likeness (QED) is 0.913. The Kier molecular flexibility index (Phi) is 4.45. The fourth-order valence-corrected chi connectivity index (χ4v) is 3.07. The van der Waals surface area contributed by atoms with Crippen molar-refractivity contribution in [2.24, 2.45) is 0 Å². The Morgan fingerprint density at radius 2 is 2.00 bits per heavy atom. The minimum atomic E-state index is -3.30. The molecule has 20 heavy (non-hydrogen) atoms. The van der Waals surface area contributed by atoms with Gasteiger partial charge in [-0.05, 0) is 36.8 Å². The maximum Gasteiger partial charge on any atom is 0.179 e. The third-order valence-corrected chi connectivity index (χ3v) is 4.49. The van der Waals surface area contributed by atoms with Gasteiger partial charge in [0.25, 0.3) is 0 Å². The lowest BCUT2D eigenvalue weighted by molar-refractivity contribution is 0.601. The van der Waals surface area contributed by atoms with Gasteiger partial charge in [-0.25, -0.2) is 13.4 Å². The lowest BCUT2D eigenvalue weighted by Crippen LogP contribution is -2.11. The van der Waals surface area contributed by atoms with Crippen molar-refractivity contribution in [1.82, 2.24) is 4.98 Å². The first-order valence-corrected chi connectivity index (χ1v) is 8.73. The number of benzene rings is 1. The molecule has 0 amide bonds. The van der Waals surface area contributed by atoms with Crippen molar-refractivity contribution >= 4 is 31.6 Å². The third kappa shape index (κ3) is 3.58. The smallest absolute Gasteiger partial charge is 0.179 e. The summed E-state index contributed by atoms with van der Waals surface area (Å²) in [5.74, 6) is 0.377. The summed E-state index contributed by atoms with van der Waals surface area (Å²) in [4.78, 5) is 4.34. The van der Waals surface area contributed by atoms with Gasteiger partial charge in [-0.3, -0.25) is 0 Å². The SMILES string of the molecule is CC(Nc1ncccc1S(C)(=O)=O)c1cccc(Br)c1. The van der Waals surface area contributed by atoms with Gasteiger partial charge in [-0.1, -0.05) is 28.1 Å². The highest BCUT2D eigenvalue weighted by atomic mass is 79.9. The Bertz CT molecular complexity index is 717. The molecule has 1 aromatic heterocycles. The standard InChI is InChI=1S/C14H15BrN2O2S/c1-10(11-5-3-6-12(15)9-11)17-14-13(20(2,18)19)7-4-8-16-14/h3-10H,1-2H3,(H,16,17). The molecule has 2 rings (SSSR count). The zero-order valence-electron chi connectivity index (χ0n) is 11.2. The van der Waals surface area contributed by atoms with Crippen LogP contribution in [-0.4, -0.2) is 19.7 Å². The van der Waals surface area contributed by atoms with Crippen LogP contribution in [0.2, 0.25) is 0 Å². The van der Waals surface area contributed by atoms with E-state index in [1.807, 2.05) is 31.2 Å². The van der Waals surface area contributed by atoms with Gasteiger partial charge in [-0.2, -0.15) is 0 Å². The number of hydrogen-bond donors (Lipinski definition) is 1. The van der Waals surface area contributed by atoms with Crippen LogP contribution in [0.4, 0.5) is 5.82 Å². The van der Waals surface area contributed by atoms with Gasteiger partial charge in [0.1, 0.15) is 10.7 Å². The van der Waals surface area contributed by atoms with E-state index in [-0.39, 0.29) is 10.9 Å². The highest BCUT2D eigenvalue weighted by molar-refractivity contribution is 9.10. The van der Waals surface area contributed by atoms with E-state index in [2.05, 4.69) is 26.2 Å². The number of anilines is 1. The zero-order valence-corrected chi connectivity index (χ0v) is 13.6. The van der Waals surface area contributed by atoms with E-state index < -0.39 is 9.84 Å². The van der Waals surface area contributed by atoms with Gasteiger partial charge in [0, 0.05) is 16.9 Å². The molecule has 0 radical (unpaired) electrons. The molecule has 0 spiro atoms. The molecule has 0 aliphatic heterocycles. The van der Waals surface area contributed by atoms with Crippen molar-refractivity contribution in [2.75, 3.05) is 11.6 Å². The van der Waals surface area contributed by atoms with Crippen LogP contribution in [0, 0.1) is 0 Å². The van der Waals surface area contributed by atoms with Crippen molar-refractivity contribution in [2.45, 2.75) is 17.9 Å². The van der Waals surface area contributed by atoms with E-state index in [0.717, 1.165) is 10.0 Å². The Morgan fingerprint density at radius 1 is 1.25 bits per heavy atom. The van der Waals surface area contributed by atoms with Gasteiger partial charge >= 0.3 is 0 Å². The van der Waals surface area contributed by atoms with Crippen LogP contribution in [0.1, 0.15) is 18.5 Å². The molecular formula is C14H15BrN2O2S. The van der Waals surface area contributed by atoms with Crippen molar-refractivity contribution in [3.8, 4) is 0 Å². The average Bonchev–Trinajstić information content (AvgIpc) is 2.38. The van der Waals surface area contributed by atoms with Gasteiger partial charge in [0.2, 0.25) is 0 Å². The normalized spacial score (nSPS) is 12.9. The molecule has 0 aliphatic carbocycles. The Labute approximate surface area is 127 Å². The summed E-state index contributed by atoms with van der Waals surface area (Å²) in [6, 6.07) is 11.0. The molecule has 106 valence electrons. The molecule has 2 aromatic rings. The van der Waals surface area contributed by atoms with E-state index in [0.29, 0.717) is 5.82 Å². The topological polar surface area (TPSA) is 59.1 Å². The number of halogens is 1. The number of pyridine rings is 1. The number of aromatic nitrogens is 1. The second-order valence-electron chi connectivity index (χ2n) is 4.54. The Morgan fingerprint density at radius 3 is 2.65 bits per heavy atom. The lowest BCUT2D eigenvalue weighted by atomic mass is 10.1. The molecule has 0 saturated carbocycles. The van der Waals surface area contributed by atoms with Crippen LogP contribution in [0.3, 0.4) is 0 Å². The monoisotopic (exact) mass is 354 g/mol. The predicted molar refractivity (Wildman–Crippen MR) is 83.5 cm³/mol. The van der Waals surface area contributed by atoms with Crippen molar-refractivity contribution in [3.63, 3.8) is 0 Å². The van der Waals surface area contributed by atoms with E-state index in [1.165, 1.54) is 6.26 Å². The van der Waals surface area contributed by atoms with Crippen LogP contribution >= 0.6 is 15.9 Å². The molecule has 0 bridgehead atoms. The molecule has 1 aromatic carbocycles. The Balaban J connectivity index is 2.31. The zero-order chi connectivity index (χ0) is 14.8. The second kappa shape index (κ2) is 5.93. The highest BCUT2D eigenvalue weighted by Crippen LogP contribution is 2.24. The summed E-state index contributed by atoms with van der Waals surface area (Å²) in [6.07, 6.45) is 2.75. The molecule has 0 saturated heterocycles. The van der Waals surface area contributed by atoms with Crippen LogP contribution in [0.5, 0.6) is 0 Å². The molecule has 6 heteroatoms. The van der Waals surface area contributed by atoms with Gasteiger partial charge in [0.05, 0.1) is 6.04 Å². The highest BCUT2D eigenvalue weighted by Gasteiger charge is 2.16. The number of nitrogens with one attached hydrogen (secondary N) is 1. The number of sulfone groups is 1. The largest absolute Gasteiger partial charge is 0.362 e. The molecule has 0 fully saturated rings. The molecule has 1 atom stereocenters. The summed E-state index contributed by atoms with van der Waals surface area (Å²) in [5.41, 5.74) is 1.05. The minimum Gasteiger partial charge on any atom is -0.362 e. The van der Waals surface area contributed by atoms with Crippen molar-refractivity contribution in [3.05, 3.63) is 52.6 Å². The summed E-state index contributed by atoms with van der Waals surface area (Å²) in [7, 11) is -3.30. The number of nitrogens with zero attached hydrogens (tertiary/aromatic N) is 1. The van der Waals surface area contributed by atoms with E-state index in [9.17, 15) is 8.42 Å². The molecule has 1 N–H and O–H groups in total. The van der Waals surface area contributed by atoms with Gasteiger partial charge in [-0.15, -0.1) is 0 Å². The lowest BCUT2D eigenvalue weighted by Gasteiger charge is -2.17. The van der Waals surface area contributed by atoms with E-state index in [4.69, 9.17) is 0 Å². The molecule has 1 heterocycles. The van der Waals surface area contributed by atoms with Crippen LogP contribution in [0.25, 0.3) is 0 Å². The maximum absolute atomic E-state index is 11.7. The van der Waals surface area contributed by atoms with Gasteiger partial charge < -0.3 is 5.32 Å². The fraction of sp³-hybridized carbons (Fsp3) is 0.214. The molecule has 4 nitrogen and oxygen atoms in total. The molecular weight excluding hydrogens is 340 g/mol. The summed E-state index contributed by atoms with van der Waals surface area (Å²) in [5, 5.41) is 3.15. The summed E-state index contributed by atoms with van der Waals surface area (Å²) >= 11 is 3.42. The van der Waals surface area contributed by atoms with Crippen LogP contribution in [0.15, 0.2) is 52.0 Å². The van der Waals surface area contributed by atoms with Crippen molar-refractivity contribution in [1.29, 1.82) is 0 Å². The Hall–Kier alpha value is -1.40. The summed E-state index contributed by atoms with van der Waals surface area (Å²) < 4.78 is 24.5. The number of rotatable bonds is 4. The maximum atomic E-state index is 11.7. The summed E-state index contributed by atoms with van der Waals surface area (Å²) in [6.45, 7) is 1.96. The predicted octanol–water partition coefficient (Wildman–Crippen LogP) is 3.42.